The van der Waals surface area contributed by atoms with Crippen molar-refractivity contribution >= 4 is 11.9 Å². The van der Waals surface area contributed by atoms with Crippen molar-refractivity contribution in [3.05, 3.63) is 35.4 Å². The summed E-state index contributed by atoms with van der Waals surface area (Å²) in [6.07, 6.45) is 0.295. The van der Waals surface area contributed by atoms with Crippen LogP contribution >= 0.6 is 0 Å². The van der Waals surface area contributed by atoms with Crippen molar-refractivity contribution in [2.75, 3.05) is 6.54 Å². The van der Waals surface area contributed by atoms with Gasteiger partial charge in [0.1, 0.15) is 0 Å². The van der Waals surface area contributed by atoms with Gasteiger partial charge in [0.25, 0.3) is 0 Å². The van der Waals surface area contributed by atoms with E-state index in [0.29, 0.717) is 13.0 Å². The zero-order valence-electron chi connectivity index (χ0n) is 9.94. The van der Waals surface area contributed by atoms with Crippen LogP contribution in [0.2, 0.25) is 0 Å². The molecule has 1 amide bonds. The van der Waals surface area contributed by atoms with Crippen LogP contribution in [0.5, 0.6) is 0 Å². The lowest BCUT2D eigenvalue weighted by molar-refractivity contribution is -0.117. The average Bonchev–Trinajstić information content (AvgIpc) is 2.26. The Hall–Kier alpha value is -1.88. The SMILES string of the molecule is Cc1ccc(CNCCC(=O)N=C(N)N)cc1. The molecule has 5 N–H and O–H groups in total. The van der Waals surface area contributed by atoms with Crippen molar-refractivity contribution in [3.8, 4) is 0 Å². The molecule has 0 aromatic heterocycles. The lowest BCUT2D eigenvalue weighted by Gasteiger charge is -2.03. The molecular weight excluding hydrogens is 216 g/mol. The Balaban J connectivity index is 2.22. The second-order valence-corrected chi connectivity index (χ2v) is 3.84. The van der Waals surface area contributed by atoms with Crippen molar-refractivity contribution in [1.29, 1.82) is 0 Å². The predicted octanol–water partition coefficient (Wildman–Crippen LogP) is 0.275. The monoisotopic (exact) mass is 234 g/mol. The third-order valence-electron chi connectivity index (χ3n) is 2.22. The third kappa shape index (κ3) is 5.67. The number of amides is 1. The number of hydrogen-bond donors (Lipinski definition) is 3. The molecular formula is C12H18N4O. The molecule has 0 spiro atoms. The molecule has 1 aromatic carbocycles. The molecule has 1 aromatic rings. The highest BCUT2D eigenvalue weighted by Gasteiger charge is 1.99. The molecule has 5 nitrogen and oxygen atoms in total. The number of nitrogens with zero attached hydrogens (tertiary/aromatic N) is 1. The second-order valence-electron chi connectivity index (χ2n) is 3.84. The van der Waals surface area contributed by atoms with Gasteiger partial charge in [0.05, 0.1) is 0 Å². The van der Waals surface area contributed by atoms with E-state index in [4.69, 9.17) is 11.5 Å². The van der Waals surface area contributed by atoms with E-state index in [1.807, 2.05) is 6.92 Å². The van der Waals surface area contributed by atoms with E-state index in [1.165, 1.54) is 11.1 Å². The van der Waals surface area contributed by atoms with Gasteiger partial charge in [-0.2, -0.15) is 4.99 Å². The number of benzene rings is 1. The molecule has 0 heterocycles. The van der Waals surface area contributed by atoms with Crippen LogP contribution in [0.1, 0.15) is 17.5 Å². The topological polar surface area (TPSA) is 93.5 Å². The number of nitrogens with two attached hydrogens (primary N) is 2. The minimum Gasteiger partial charge on any atom is -0.370 e. The van der Waals surface area contributed by atoms with Crippen molar-refractivity contribution in [3.63, 3.8) is 0 Å². The van der Waals surface area contributed by atoms with E-state index in [1.54, 1.807) is 0 Å². The summed E-state index contributed by atoms with van der Waals surface area (Å²) in [6, 6.07) is 8.23. The number of nitrogens with one attached hydrogen (secondary N) is 1. The summed E-state index contributed by atoms with van der Waals surface area (Å²) in [6.45, 7) is 3.34. The van der Waals surface area contributed by atoms with Crippen LogP contribution in [0, 0.1) is 6.92 Å². The first-order valence-corrected chi connectivity index (χ1v) is 5.46. The summed E-state index contributed by atoms with van der Waals surface area (Å²) in [5, 5.41) is 3.15. The van der Waals surface area contributed by atoms with E-state index in [0.717, 1.165) is 6.54 Å². The van der Waals surface area contributed by atoms with Crippen LogP contribution in [0.15, 0.2) is 29.3 Å². The van der Waals surface area contributed by atoms with Gasteiger partial charge < -0.3 is 16.8 Å². The molecule has 0 saturated carbocycles. The van der Waals surface area contributed by atoms with Crippen LogP contribution < -0.4 is 16.8 Å². The maximum Gasteiger partial charge on any atom is 0.250 e. The molecule has 0 aliphatic rings. The number of guanidine groups is 1. The normalized spacial score (nSPS) is 9.94. The number of aryl methyl sites for hydroxylation is 1. The Morgan fingerprint density at radius 3 is 2.53 bits per heavy atom. The van der Waals surface area contributed by atoms with Crippen molar-refractivity contribution in [2.45, 2.75) is 19.9 Å². The molecule has 1 rings (SSSR count). The molecule has 92 valence electrons. The van der Waals surface area contributed by atoms with Gasteiger partial charge in [-0.05, 0) is 12.5 Å². The largest absolute Gasteiger partial charge is 0.370 e. The highest BCUT2D eigenvalue weighted by molar-refractivity contribution is 5.91. The summed E-state index contributed by atoms with van der Waals surface area (Å²) >= 11 is 0. The molecule has 0 radical (unpaired) electrons. The lowest BCUT2D eigenvalue weighted by Crippen LogP contribution is -2.25. The van der Waals surface area contributed by atoms with E-state index >= 15 is 0 Å². The molecule has 0 aliphatic heterocycles. The predicted molar refractivity (Wildman–Crippen MR) is 68.3 cm³/mol. The highest BCUT2D eigenvalue weighted by atomic mass is 16.1. The van der Waals surface area contributed by atoms with Gasteiger partial charge in [-0.15, -0.1) is 0 Å². The van der Waals surface area contributed by atoms with Crippen LogP contribution in [0.25, 0.3) is 0 Å². The third-order valence-corrected chi connectivity index (χ3v) is 2.22. The number of carbonyl (C=O) groups excluding carboxylic acids is 1. The molecule has 0 atom stereocenters. The van der Waals surface area contributed by atoms with E-state index < -0.39 is 0 Å². The van der Waals surface area contributed by atoms with Crippen LogP contribution in [-0.4, -0.2) is 18.4 Å². The number of hydrogen-bond acceptors (Lipinski definition) is 2. The van der Waals surface area contributed by atoms with Crippen LogP contribution in [0.4, 0.5) is 0 Å². The first-order valence-electron chi connectivity index (χ1n) is 5.46. The molecule has 17 heavy (non-hydrogen) atoms. The molecule has 0 aliphatic carbocycles. The van der Waals surface area contributed by atoms with Gasteiger partial charge in [-0.3, -0.25) is 4.79 Å². The standard InChI is InChI=1S/C12H18N4O/c1-9-2-4-10(5-3-9)8-15-7-6-11(17)16-12(13)14/h2-5,15H,6-8H2,1H3,(H4,13,14,16,17). The van der Waals surface area contributed by atoms with Gasteiger partial charge in [-0.25, -0.2) is 0 Å². The van der Waals surface area contributed by atoms with Crippen LogP contribution in [-0.2, 0) is 11.3 Å². The number of carbonyl (C=O) groups is 1. The molecule has 0 bridgehead atoms. The first kappa shape index (κ1) is 13.2. The maximum absolute atomic E-state index is 11.1. The molecule has 0 saturated heterocycles. The zero-order chi connectivity index (χ0) is 12.7. The summed E-state index contributed by atoms with van der Waals surface area (Å²) in [4.78, 5) is 14.5. The maximum atomic E-state index is 11.1. The average molecular weight is 234 g/mol. The van der Waals surface area contributed by atoms with Gasteiger partial charge in [0.15, 0.2) is 5.96 Å². The fraction of sp³-hybridized carbons (Fsp3) is 0.333. The fourth-order valence-electron chi connectivity index (χ4n) is 1.33. The van der Waals surface area contributed by atoms with Gasteiger partial charge >= 0.3 is 0 Å². The summed E-state index contributed by atoms with van der Waals surface area (Å²) in [7, 11) is 0. The summed E-state index contributed by atoms with van der Waals surface area (Å²) < 4.78 is 0. The Morgan fingerprint density at radius 1 is 1.29 bits per heavy atom. The van der Waals surface area contributed by atoms with E-state index in [9.17, 15) is 4.79 Å². The Bertz CT molecular complexity index is 393. The minimum absolute atomic E-state index is 0.187. The summed E-state index contributed by atoms with van der Waals surface area (Å²) in [5.41, 5.74) is 12.6. The van der Waals surface area contributed by atoms with Gasteiger partial charge in [-0.1, -0.05) is 29.8 Å². The summed E-state index contributed by atoms with van der Waals surface area (Å²) in [5.74, 6) is -0.491. The first-order chi connectivity index (χ1) is 8.08. The quantitative estimate of drug-likeness (QED) is 0.387. The van der Waals surface area contributed by atoms with Gasteiger partial charge in [0, 0.05) is 19.5 Å². The Labute approximate surface area is 101 Å². The van der Waals surface area contributed by atoms with E-state index in [-0.39, 0.29) is 11.9 Å². The zero-order valence-corrected chi connectivity index (χ0v) is 9.94. The highest BCUT2D eigenvalue weighted by Crippen LogP contribution is 2.02. The van der Waals surface area contributed by atoms with Gasteiger partial charge in [0.2, 0.25) is 5.91 Å². The smallest absolute Gasteiger partial charge is 0.250 e. The van der Waals surface area contributed by atoms with Crippen molar-refractivity contribution < 1.29 is 4.79 Å². The lowest BCUT2D eigenvalue weighted by atomic mass is 10.1. The minimum atomic E-state index is -0.304. The number of rotatable bonds is 5. The Morgan fingerprint density at radius 2 is 1.94 bits per heavy atom. The molecule has 5 heteroatoms. The van der Waals surface area contributed by atoms with Crippen molar-refractivity contribution in [2.24, 2.45) is 16.5 Å². The second kappa shape index (κ2) is 6.65. The molecule has 0 unspecified atom stereocenters. The molecule has 0 fully saturated rings. The Kier molecular flexibility index (Phi) is 5.16. The van der Waals surface area contributed by atoms with Crippen LogP contribution in [0.3, 0.4) is 0 Å². The van der Waals surface area contributed by atoms with Crippen molar-refractivity contribution in [1.82, 2.24) is 5.32 Å². The number of aliphatic imine (C=N–C) groups is 1. The fourth-order valence-corrected chi connectivity index (χ4v) is 1.33. The van der Waals surface area contributed by atoms with E-state index in [2.05, 4.69) is 34.6 Å².